The van der Waals surface area contributed by atoms with Gasteiger partial charge >= 0.3 is 0 Å². The van der Waals surface area contributed by atoms with E-state index in [0.717, 1.165) is 11.1 Å². The third-order valence-electron chi connectivity index (χ3n) is 2.17. The minimum absolute atomic E-state index is 0.0662. The van der Waals surface area contributed by atoms with Crippen molar-refractivity contribution in [3.8, 4) is 0 Å². The van der Waals surface area contributed by atoms with Crippen LogP contribution in [-0.2, 0) is 16.5 Å². The number of imidazole rings is 1. The molecule has 0 aliphatic carbocycles. The molecule has 0 unspecified atom stereocenters. The highest BCUT2D eigenvalue weighted by Crippen LogP contribution is 2.12. The molecule has 16 heavy (non-hydrogen) atoms. The average molecular weight is 235 g/mol. The average Bonchev–Trinajstić information content (AvgIpc) is 2.73. The van der Waals surface area contributed by atoms with Crippen LogP contribution in [0.2, 0.25) is 0 Å². The molecule has 0 N–H and O–H groups in total. The first-order valence-corrected chi connectivity index (χ1v) is 6.14. The van der Waals surface area contributed by atoms with Gasteiger partial charge in [0.25, 0.3) is 0 Å². The summed E-state index contributed by atoms with van der Waals surface area (Å²) in [6, 6.07) is 7.41. The van der Waals surface area contributed by atoms with E-state index in [0.29, 0.717) is 0 Å². The van der Waals surface area contributed by atoms with Gasteiger partial charge in [0.1, 0.15) is 10.7 Å². The molecule has 0 spiro atoms. The van der Waals surface area contributed by atoms with E-state index in [1.807, 2.05) is 30.8 Å². The van der Waals surface area contributed by atoms with E-state index in [1.54, 1.807) is 23.3 Å². The van der Waals surface area contributed by atoms with Gasteiger partial charge in [-0.05, 0) is 11.1 Å². The molecule has 2 aromatic rings. The lowest BCUT2D eigenvalue weighted by atomic mass is 10.1. The van der Waals surface area contributed by atoms with Crippen LogP contribution in [0.4, 0.5) is 0 Å². The van der Waals surface area contributed by atoms with Crippen molar-refractivity contribution in [1.29, 1.82) is 0 Å². The highest BCUT2D eigenvalue weighted by molar-refractivity contribution is 7.71. The van der Waals surface area contributed by atoms with Crippen LogP contribution in [0.15, 0.2) is 43.0 Å². The number of benzene rings is 1. The summed E-state index contributed by atoms with van der Waals surface area (Å²) in [5.74, 6) is 0.0662. The number of aromatic nitrogens is 2. The Bertz CT molecular complexity index is 525. The molecule has 2 rings (SSSR count). The number of nitrogens with zero attached hydrogens (tertiary/aromatic N) is 2. The molecule has 1 aromatic heterocycles. The fourth-order valence-corrected chi connectivity index (χ4v) is 2.02. The first-order chi connectivity index (χ1) is 7.75. The molecule has 1 radical (unpaired) electrons. The third-order valence-corrected chi connectivity index (χ3v) is 2.77. The fourth-order valence-electron chi connectivity index (χ4n) is 1.45. The van der Waals surface area contributed by atoms with Gasteiger partial charge in [-0.15, -0.1) is 0 Å². The minimum atomic E-state index is -2.40. The summed E-state index contributed by atoms with van der Waals surface area (Å²) in [4.78, 5) is 3.92. The lowest BCUT2D eigenvalue weighted by Gasteiger charge is -2.06. The van der Waals surface area contributed by atoms with Crippen molar-refractivity contribution >= 4 is 10.7 Å². The maximum atomic E-state index is 10.7. The molecule has 1 aromatic carbocycles. The SMILES string of the molecule is O=[SH](=O)Cc1ccccc1[CH]n1ccnc1. The lowest BCUT2D eigenvalue weighted by Crippen LogP contribution is -1.99. The van der Waals surface area contributed by atoms with E-state index in [4.69, 9.17) is 0 Å². The van der Waals surface area contributed by atoms with Crippen LogP contribution in [0.1, 0.15) is 11.1 Å². The number of rotatable bonds is 4. The van der Waals surface area contributed by atoms with E-state index in [1.165, 1.54) is 0 Å². The summed E-state index contributed by atoms with van der Waals surface area (Å²) in [6.45, 7) is 1.85. The van der Waals surface area contributed by atoms with Gasteiger partial charge in [-0.1, -0.05) is 24.3 Å². The summed E-state index contributed by atoms with van der Waals surface area (Å²) < 4.78 is 23.2. The van der Waals surface area contributed by atoms with Crippen molar-refractivity contribution < 1.29 is 8.42 Å². The summed E-state index contributed by atoms with van der Waals surface area (Å²) in [5, 5.41) is 0. The van der Waals surface area contributed by atoms with Gasteiger partial charge in [-0.3, -0.25) is 0 Å². The van der Waals surface area contributed by atoms with E-state index in [9.17, 15) is 8.42 Å². The standard InChI is InChI=1S/C11H11N2O2S/c14-16(15)8-11-4-2-1-3-10(11)7-13-6-5-12-9-13/h1-7,9,16H,8H2. The van der Waals surface area contributed by atoms with Gasteiger partial charge < -0.3 is 4.57 Å². The van der Waals surface area contributed by atoms with Gasteiger partial charge in [0.15, 0.2) is 0 Å². The molecule has 5 heteroatoms. The first-order valence-electron chi connectivity index (χ1n) is 4.78. The Hall–Kier alpha value is -1.62. The number of hydrogen-bond acceptors (Lipinski definition) is 3. The molecule has 0 atom stereocenters. The molecular weight excluding hydrogens is 224 g/mol. The van der Waals surface area contributed by atoms with Crippen molar-refractivity contribution in [3.63, 3.8) is 0 Å². The summed E-state index contributed by atoms with van der Waals surface area (Å²) in [6.07, 6.45) is 5.13. The molecule has 4 nitrogen and oxygen atoms in total. The first kappa shape index (κ1) is 10.9. The van der Waals surface area contributed by atoms with E-state index < -0.39 is 10.7 Å². The van der Waals surface area contributed by atoms with Crippen LogP contribution in [0, 0.1) is 6.54 Å². The summed E-state index contributed by atoms with van der Waals surface area (Å²) in [5.41, 5.74) is 1.69. The molecule has 0 fully saturated rings. The molecular formula is C11H11N2O2S. The molecule has 0 amide bonds. The molecule has 83 valence electrons. The van der Waals surface area contributed by atoms with Crippen LogP contribution in [0.3, 0.4) is 0 Å². The fraction of sp³-hybridized carbons (Fsp3) is 0.0909. The third kappa shape index (κ3) is 2.70. The highest BCUT2D eigenvalue weighted by Gasteiger charge is 2.03. The van der Waals surface area contributed by atoms with Crippen LogP contribution >= 0.6 is 0 Å². The maximum Gasteiger partial charge on any atom is 0.144 e. The Morgan fingerprint density at radius 3 is 2.81 bits per heavy atom. The quantitative estimate of drug-likeness (QED) is 0.806. The zero-order valence-corrected chi connectivity index (χ0v) is 9.38. The molecule has 0 aliphatic rings. The zero-order valence-electron chi connectivity index (χ0n) is 8.48. The van der Waals surface area contributed by atoms with Gasteiger partial charge in [0.05, 0.1) is 18.6 Å². The van der Waals surface area contributed by atoms with Gasteiger partial charge in [-0.2, -0.15) is 0 Å². The van der Waals surface area contributed by atoms with E-state index >= 15 is 0 Å². The van der Waals surface area contributed by atoms with Crippen molar-refractivity contribution in [2.24, 2.45) is 0 Å². The van der Waals surface area contributed by atoms with Crippen molar-refractivity contribution in [2.45, 2.75) is 5.75 Å². The monoisotopic (exact) mass is 235 g/mol. The van der Waals surface area contributed by atoms with Gasteiger partial charge in [-0.25, -0.2) is 13.4 Å². The number of hydrogen-bond donors (Lipinski definition) is 1. The summed E-state index contributed by atoms with van der Waals surface area (Å²) >= 11 is 0. The minimum Gasteiger partial charge on any atom is -0.328 e. The molecule has 0 bridgehead atoms. The van der Waals surface area contributed by atoms with E-state index in [-0.39, 0.29) is 5.75 Å². The highest BCUT2D eigenvalue weighted by atomic mass is 32.2. The Labute approximate surface area is 95.5 Å². The van der Waals surface area contributed by atoms with Crippen molar-refractivity contribution in [3.05, 3.63) is 60.7 Å². The van der Waals surface area contributed by atoms with Crippen molar-refractivity contribution in [2.75, 3.05) is 0 Å². The van der Waals surface area contributed by atoms with E-state index in [2.05, 4.69) is 4.98 Å². The van der Waals surface area contributed by atoms with Gasteiger partial charge in [0.2, 0.25) is 0 Å². The maximum absolute atomic E-state index is 10.7. The Morgan fingerprint density at radius 1 is 1.31 bits per heavy atom. The van der Waals surface area contributed by atoms with Crippen LogP contribution in [-0.4, -0.2) is 18.0 Å². The van der Waals surface area contributed by atoms with Crippen LogP contribution < -0.4 is 0 Å². The van der Waals surface area contributed by atoms with Crippen LogP contribution in [0.25, 0.3) is 0 Å². The summed E-state index contributed by atoms with van der Waals surface area (Å²) in [7, 11) is -2.40. The Morgan fingerprint density at radius 2 is 2.12 bits per heavy atom. The van der Waals surface area contributed by atoms with Crippen LogP contribution in [0.5, 0.6) is 0 Å². The smallest absolute Gasteiger partial charge is 0.144 e. The second kappa shape index (κ2) is 4.94. The van der Waals surface area contributed by atoms with Gasteiger partial charge in [0, 0.05) is 12.4 Å². The molecule has 1 heterocycles. The molecule has 0 saturated heterocycles. The number of thiol groups is 1. The second-order valence-corrected chi connectivity index (χ2v) is 4.31. The zero-order chi connectivity index (χ0) is 11.4. The molecule has 0 aliphatic heterocycles. The normalized spacial score (nSPS) is 10.8. The van der Waals surface area contributed by atoms with Crippen molar-refractivity contribution in [1.82, 2.24) is 9.55 Å². The molecule has 0 saturated carbocycles. The predicted octanol–water partition coefficient (Wildman–Crippen LogP) is 1.05. The predicted molar refractivity (Wildman–Crippen MR) is 61.5 cm³/mol. The lowest BCUT2D eigenvalue weighted by molar-refractivity contribution is 0.614. The Kier molecular flexibility index (Phi) is 3.36. The topological polar surface area (TPSA) is 52.0 Å². The second-order valence-electron chi connectivity index (χ2n) is 3.33. The largest absolute Gasteiger partial charge is 0.328 e. The Balaban J connectivity index is 2.26.